The number of nitrogens with two attached hydrogens (primary N) is 1. The summed E-state index contributed by atoms with van der Waals surface area (Å²) in [4.78, 5) is 12.3. The van der Waals surface area contributed by atoms with E-state index in [-0.39, 0.29) is 11.3 Å². The first-order valence-corrected chi connectivity index (χ1v) is 6.24. The molecule has 0 radical (unpaired) electrons. The third-order valence-corrected chi connectivity index (χ3v) is 3.74. The summed E-state index contributed by atoms with van der Waals surface area (Å²) >= 11 is 0. The molecular weight excluding hydrogens is 212 g/mol. The van der Waals surface area contributed by atoms with E-state index >= 15 is 0 Å². The van der Waals surface area contributed by atoms with Crippen molar-refractivity contribution in [2.75, 3.05) is 11.9 Å². The smallest absolute Gasteiger partial charge is 0.231 e. The molecule has 3 heteroatoms. The topological polar surface area (TPSA) is 55.1 Å². The fourth-order valence-corrected chi connectivity index (χ4v) is 2.48. The molecule has 92 valence electrons. The lowest BCUT2D eigenvalue weighted by atomic mass is 9.85. The zero-order valence-electron chi connectivity index (χ0n) is 10.3. The molecule has 0 aliphatic heterocycles. The van der Waals surface area contributed by atoms with Gasteiger partial charge in [-0.05, 0) is 31.9 Å². The minimum atomic E-state index is -0.328. The second-order valence-electron chi connectivity index (χ2n) is 5.01. The first kappa shape index (κ1) is 12.1. The van der Waals surface area contributed by atoms with Crippen molar-refractivity contribution in [3.63, 3.8) is 0 Å². The van der Waals surface area contributed by atoms with Crippen molar-refractivity contribution in [2.45, 2.75) is 32.6 Å². The van der Waals surface area contributed by atoms with Crippen LogP contribution in [0, 0.1) is 12.3 Å². The van der Waals surface area contributed by atoms with Crippen molar-refractivity contribution in [1.82, 2.24) is 0 Å². The van der Waals surface area contributed by atoms with Crippen LogP contribution in [0.5, 0.6) is 0 Å². The molecule has 0 bridgehead atoms. The highest BCUT2D eigenvalue weighted by molar-refractivity contribution is 5.95. The molecule has 1 fully saturated rings. The van der Waals surface area contributed by atoms with Crippen molar-refractivity contribution in [1.29, 1.82) is 0 Å². The lowest BCUT2D eigenvalue weighted by molar-refractivity contribution is -0.124. The van der Waals surface area contributed by atoms with Crippen LogP contribution in [-0.4, -0.2) is 12.5 Å². The fourth-order valence-electron chi connectivity index (χ4n) is 2.48. The van der Waals surface area contributed by atoms with Crippen LogP contribution in [-0.2, 0) is 4.79 Å². The Bertz CT molecular complexity index is 391. The van der Waals surface area contributed by atoms with E-state index in [9.17, 15) is 4.79 Å². The van der Waals surface area contributed by atoms with Gasteiger partial charge in [-0.2, -0.15) is 0 Å². The first-order chi connectivity index (χ1) is 8.16. The van der Waals surface area contributed by atoms with Crippen LogP contribution < -0.4 is 11.1 Å². The molecule has 1 aromatic rings. The maximum Gasteiger partial charge on any atom is 0.231 e. The maximum absolute atomic E-state index is 12.3. The molecule has 3 nitrogen and oxygen atoms in total. The Balaban J connectivity index is 2.08. The largest absolute Gasteiger partial charge is 0.329 e. The van der Waals surface area contributed by atoms with Gasteiger partial charge in [0.25, 0.3) is 0 Å². The summed E-state index contributed by atoms with van der Waals surface area (Å²) in [5.74, 6) is 0.0846. The van der Waals surface area contributed by atoms with Crippen molar-refractivity contribution in [2.24, 2.45) is 11.1 Å². The Morgan fingerprint density at radius 1 is 1.29 bits per heavy atom. The number of carbonyl (C=O) groups excluding carboxylic acids is 1. The predicted molar refractivity (Wildman–Crippen MR) is 69.8 cm³/mol. The number of amides is 1. The first-order valence-electron chi connectivity index (χ1n) is 6.24. The zero-order valence-corrected chi connectivity index (χ0v) is 10.3. The molecule has 17 heavy (non-hydrogen) atoms. The quantitative estimate of drug-likeness (QED) is 0.841. The van der Waals surface area contributed by atoms with E-state index in [1.807, 2.05) is 31.2 Å². The minimum Gasteiger partial charge on any atom is -0.329 e. The Kier molecular flexibility index (Phi) is 3.48. The molecule has 1 amide bonds. The zero-order chi connectivity index (χ0) is 12.3. The standard InChI is InChI=1S/C14H20N2O/c1-11-4-6-12(7-5-11)16-13(17)14(10-15)8-2-3-9-14/h4-7H,2-3,8-10,15H2,1H3,(H,16,17). The summed E-state index contributed by atoms with van der Waals surface area (Å²) in [6.07, 6.45) is 4.05. The average molecular weight is 232 g/mol. The Labute approximate surface area is 102 Å². The maximum atomic E-state index is 12.3. The van der Waals surface area contributed by atoms with Gasteiger partial charge in [0, 0.05) is 12.2 Å². The molecule has 0 spiro atoms. The van der Waals surface area contributed by atoms with Crippen molar-refractivity contribution in [3.8, 4) is 0 Å². The van der Waals surface area contributed by atoms with Gasteiger partial charge in [0.1, 0.15) is 0 Å². The van der Waals surface area contributed by atoms with Crippen molar-refractivity contribution < 1.29 is 4.79 Å². The van der Waals surface area contributed by atoms with Crippen LogP contribution in [0.1, 0.15) is 31.2 Å². The molecule has 0 heterocycles. The van der Waals surface area contributed by atoms with Crippen LogP contribution in [0.25, 0.3) is 0 Å². The summed E-state index contributed by atoms with van der Waals surface area (Å²) < 4.78 is 0. The minimum absolute atomic E-state index is 0.0846. The van der Waals surface area contributed by atoms with Gasteiger partial charge < -0.3 is 11.1 Å². The monoisotopic (exact) mass is 232 g/mol. The van der Waals surface area contributed by atoms with E-state index in [1.54, 1.807) is 0 Å². The Hall–Kier alpha value is -1.35. The number of carbonyl (C=O) groups is 1. The van der Waals surface area contributed by atoms with Crippen LogP contribution in [0.2, 0.25) is 0 Å². The van der Waals surface area contributed by atoms with Gasteiger partial charge in [-0.25, -0.2) is 0 Å². The Morgan fingerprint density at radius 3 is 2.41 bits per heavy atom. The van der Waals surface area contributed by atoms with Crippen molar-refractivity contribution >= 4 is 11.6 Å². The van der Waals surface area contributed by atoms with E-state index in [4.69, 9.17) is 5.73 Å². The third-order valence-electron chi connectivity index (χ3n) is 3.74. The third kappa shape index (κ3) is 2.50. The number of hydrogen-bond acceptors (Lipinski definition) is 2. The molecule has 0 unspecified atom stereocenters. The summed E-state index contributed by atoms with van der Waals surface area (Å²) in [6, 6.07) is 7.87. The lowest BCUT2D eigenvalue weighted by Crippen LogP contribution is -2.40. The number of anilines is 1. The van der Waals surface area contributed by atoms with Crippen molar-refractivity contribution in [3.05, 3.63) is 29.8 Å². The molecule has 3 N–H and O–H groups in total. The summed E-state index contributed by atoms with van der Waals surface area (Å²) in [5.41, 5.74) is 7.51. The second-order valence-corrected chi connectivity index (χ2v) is 5.01. The molecule has 0 atom stereocenters. The number of aryl methyl sites for hydroxylation is 1. The van der Waals surface area contributed by atoms with E-state index < -0.39 is 0 Å². The van der Waals surface area contributed by atoms with Gasteiger partial charge in [0.2, 0.25) is 5.91 Å². The van der Waals surface area contributed by atoms with E-state index in [1.165, 1.54) is 5.56 Å². The average Bonchev–Trinajstić information content (AvgIpc) is 2.82. The van der Waals surface area contributed by atoms with Crippen LogP contribution in [0.15, 0.2) is 24.3 Å². The molecule has 1 aromatic carbocycles. The van der Waals surface area contributed by atoms with Gasteiger partial charge in [-0.15, -0.1) is 0 Å². The van der Waals surface area contributed by atoms with E-state index in [2.05, 4.69) is 5.32 Å². The highest BCUT2D eigenvalue weighted by Crippen LogP contribution is 2.38. The molecule has 2 rings (SSSR count). The summed E-state index contributed by atoms with van der Waals surface area (Å²) in [7, 11) is 0. The van der Waals surface area contributed by atoms with E-state index in [0.29, 0.717) is 6.54 Å². The lowest BCUT2D eigenvalue weighted by Gasteiger charge is -2.25. The highest BCUT2D eigenvalue weighted by atomic mass is 16.2. The van der Waals surface area contributed by atoms with Gasteiger partial charge in [0.05, 0.1) is 5.41 Å². The molecule has 1 aliphatic rings. The molecule has 0 saturated heterocycles. The SMILES string of the molecule is Cc1ccc(NC(=O)C2(CN)CCCC2)cc1. The van der Waals surface area contributed by atoms with Gasteiger partial charge in [-0.3, -0.25) is 4.79 Å². The summed E-state index contributed by atoms with van der Waals surface area (Å²) in [5, 5.41) is 2.98. The highest BCUT2D eigenvalue weighted by Gasteiger charge is 2.39. The normalized spacial score (nSPS) is 18.0. The van der Waals surface area contributed by atoms with Gasteiger partial charge >= 0.3 is 0 Å². The second kappa shape index (κ2) is 4.88. The number of rotatable bonds is 3. The van der Waals surface area contributed by atoms with Gasteiger partial charge in [-0.1, -0.05) is 30.5 Å². The Morgan fingerprint density at radius 2 is 1.88 bits per heavy atom. The fraction of sp³-hybridized carbons (Fsp3) is 0.500. The van der Waals surface area contributed by atoms with Gasteiger partial charge in [0.15, 0.2) is 0 Å². The van der Waals surface area contributed by atoms with Crippen LogP contribution >= 0.6 is 0 Å². The number of hydrogen-bond donors (Lipinski definition) is 2. The molecule has 1 aliphatic carbocycles. The summed E-state index contributed by atoms with van der Waals surface area (Å²) in [6.45, 7) is 2.48. The van der Waals surface area contributed by atoms with Crippen LogP contribution in [0.3, 0.4) is 0 Å². The predicted octanol–water partition coefficient (Wildman–Crippen LogP) is 2.45. The number of benzene rings is 1. The molecule has 1 saturated carbocycles. The molecular formula is C14H20N2O. The molecule has 0 aromatic heterocycles. The number of nitrogens with one attached hydrogen (secondary N) is 1. The van der Waals surface area contributed by atoms with Crippen LogP contribution in [0.4, 0.5) is 5.69 Å². The van der Waals surface area contributed by atoms with E-state index in [0.717, 1.165) is 31.4 Å².